The van der Waals surface area contributed by atoms with Crippen LogP contribution in [0.25, 0.3) is 11.1 Å². The van der Waals surface area contributed by atoms with Crippen molar-refractivity contribution >= 4 is 5.91 Å². The van der Waals surface area contributed by atoms with E-state index in [4.69, 9.17) is 0 Å². The molecule has 2 aromatic carbocycles. The molecule has 0 unspecified atom stereocenters. The molecule has 0 spiro atoms. The predicted octanol–water partition coefficient (Wildman–Crippen LogP) is 3.38. The topological polar surface area (TPSA) is 77.2 Å². The highest BCUT2D eigenvalue weighted by molar-refractivity contribution is 5.95. The molecule has 1 aromatic heterocycles. The summed E-state index contributed by atoms with van der Waals surface area (Å²) >= 11 is 0. The first-order valence-corrected chi connectivity index (χ1v) is 9.23. The van der Waals surface area contributed by atoms with Crippen LogP contribution < -0.4 is 0 Å². The number of amides is 1. The maximum Gasteiger partial charge on any atom is 0.256 e. The Kier molecular flexibility index (Phi) is 5.07. The first-order chi connectivity index (χ1) is 14.2. The van der Waals surface area contributed by atoms with Crippen molar-refractivity contribution in [3.8, 4) is 17.2 Å². The van der Waals surface area contributed by atoms with E-state index in [1.54, 1.807) is 30.5 Å². The van der Waals surface area contributed by atoms with Crippen LogP contribution in [0.3, 0.4) is 0 Å². The van der Waals surface area contributed by atoms with Gasteiger partial charge < -0.3 is 10.0 Å². The Morgan fingerprint density at radius 2 is 2.00 bits per heavy atom. The van der Waals surface area contributed by atoms with Gasteiger partial charge in [0, 0.05) is 18.3 Å². The van der Waals surface area contributed by atoms with Gasteiger partial charge in [-0.3, -0.25) is 9.78 Å². The first-order valence-electron chi connectivity index (χ1n) is 9.23. The van der Waals surface area contributed by atoms with Crippen LogP contribution in [0, 0.1) is 17.1 Å². The fraction of sp³-hybridized carbons (Fsp3) is 0.174. The summed E-state index contributed by atoms with van der Waals surface area (Å²) in [6.07, 6.45) is 3.01. The number of carbonyl (C=O) groups excluding carboxylic acids is 1. The fourth-order valence-electron chi connectivity index (χ4n) is 4.00. The number of aliphatic hydroxyl groups excluding tert-OH is 1. The smallest absolute Gasteiger partial charge is 0.256 e. The maximum absolute atomic E-state index is 13.8. The number of pyridine rings is 1. The van der Waals surface area contributed by atoms with E-state index in [1.807, 2.05) is 24.3 Å². The van der Waals surface area contributed by atoms with E-state index >= 15 is 0 Å². The summed E-state index contributed by atoms with van der Waals surface area (Å²) in [7, 11) is 0. The number of likely N-dealkylation sites (tertiary alicyclic amines) is 1. The molecular formula is C23H18FN3O2. The third-order valence-electron chi connectivity index (χ3n) is 5.33. The minimum atomic E-state index is -0.741. The van der Waals surface area contributed by atoms with Crippen LogP contribution in [0.5, 0.6) is 0 Å². The maximum atomic E-state index is 13.8. The Balaban J connectivity index is 1.73. The molecule has 5 nitrogen and oxygen atoms in total. The number of benzene rings is 2. The number of hydrogen-bond acceptors (Lipinski definition) is 4. The van der Waals surface area contributed by atoms with Gasteiger partial charge in [-0.25, -0.2) is 4.39 Å². The van der Waals surface area contributed by atoms with Crippen LogP contribution >= 0.6 is 0 Å². The monoisotopic (exact) mass is 387 g/mol. The number of nitriles is 1. The number of aliphatic hydroxyl groups is 1. The number of carbonyl (C=O) groups is 1. The summed E-state index contributed by atoms with van der Waals surface area (Å²) in [6, 6.07) is 17.8. The molecule has 1 aliphatic rings. The van der Waals surface area contributed by atoms with Gasteiger partial charge in [-0.1, -0.05) is 36.4 Å². The molecule has 1 fully saturated rings. The Morgan fingerprint density at radius 1 is 1.17 bits per heavy atom. The Bertz CT molecular complexity index is 1080. The van der Waals surface area contributed by atoms with Crippen LogP contribution in [0.15, 0.2) is 73.1 Å². The number of nitrogens with zero attached hydrogens (tertiary/aromatic N) is 3. The van der Waals surface area contributed by atoms with Crippen molar-refractivity contribution in [1.82, 2.24) is 9.88 Å². The van der Waals surface area contributed by atoms with Gasteiger partial charge in [0.1, 0.15) is 11.9 Å². The summed E-state index contributed by atoms with van der Waals surface area (Å²) in [6.45, 7) is -0.285. The summed E-state index contributed by atoms with van der Waals surface area (Å²) in [5.41, 5.74) is 2.64. The average molecular weight is 387 g/mol. The number of hydrogen-bond donors (Lipinski definition) is 1. The number of aromatic nitrogens is 1. The molecule has 4 rings (SSSR count). The van der Waals surface area contributed by atoms with E-state index in [0.717, 1.165) is 11.1 Å². The molecule has 0 radical (unpaired) electrons. The van der Waals surface area contributed by atoms with Crippen molar-refractivity contribution in [2.75, 3.05) is 6.61 Å². The van der Waals surface area contributed by atoms with Crippen LogP contribution in [-0.4, -0.2) is 39.6 Å². The summed E-state index contributed by atoms with van der Waals surface area (Å²) in [5.74, 6) is -1.08. The van der Waals surface area contributed by atoms with Gasteiger partial charge in [0.2, 0.25) is 0 Å². The molecule has 1 N–H and O–H groups in total. The average Bonchev–Trinajstić information content (AvgIpc) is 2.74. The second kappa shape index (κ2) is 7.82. The van der Waals surface area contributed by atoms with Gasteiger partial charge in [0.15, 0.2) is 0 Å². The van der Waals surface area contributed by atoms with E-state index in [2.05, 4.69) is 11.1 Å². The molecule has 0 aliphatic carbocycles. The Labute approximate surface area is 167 Å². The second-order valence-corrected chi connectivity index (χ2v) is 6.90. The molecular weight excluding hydrogens is 369 g/mol. The zero-order valence-electron chi connectivity index (χ0n) is 15.4. The number of rotatable bonds is 4. The van der Waals surface area contributed by atoms with Gasteiger partial charge in [-0.15, -0.1) is 0 Å². The normalized spacial score (nSPS) is 20.6. The van der Waals surface area contributed by atoms with Crippen molar-refractivity contribution in [3.63, 3.8) is 0 Å². The lowest BCUT2D eigenvalue weighted by atomic mass is 9.73. The lowest BCUT2D eigenvalue weighted by Crippen LogP contribution is -2.65. The highest BCUT2D eigenvalue weighted by Gasteiger charge is 2.52. The van der Waals surface area contributed by atoms with E-state index in [-0.39, 0.29) is 24.2 Å². The molecule has 0 bridgehead atoms. The molecule has 1 amide bonds. The molecule has 144 valence electrons. The van der Waals surface area contributed by atoms with Crippen molar-refractivity contribution in [2.24, 2.45) is 0 Å². The molecule has 6 heteroatoms. The quantitative estimate of drug-likeness (QED) is 0.745. The third kappa shape index (κ3) is 3.26. The van der Waals surface area contributed by atoms with Crippen molar-refractivity contribution < 1.29 is 14.3 Å². The molecule has 29 heavy (non-hydrogen) atoms. The van der Waals surface area contributed by atoms with Gasteiger partial charge in [-0.2, -0.15) is 5.26 Å². The lowest BCUT2D eigenvalue weighted by Gasteiger charge is -2.52. The van der Waals surface area contributed by atoms with Crippen molar-refractivity contribution in [3.05, 3.63) is 90.0 Å². The van der Waals surface area contributed by atoms with Gasteiger partial charge >= 0.3 is 0 Å². The highest BCUT2D eigenvalue weighted by Crippen LogP contribution is 2.44. The number of halogens is 1. The van der Waals surface area contributed by atoms with Crippen LogP contribution in [0.4, 0.5) is 4.39 Å². The highest BCUT2D eigenvalue weighted by atomic mass is 19.1. The van der Waals surface area contributed by atoms with Crippen LogP contribution in [0.1, 0.15) is 21.8 Å². The van der Waals surface area contributed by atoms with Crippen molar-refractivity contribution in [1.29, 1.82) is 5.26 Å². The second-order valence-electron chi connectivity index (χ2n) is 6.90. The van der Waals surface area contributed by atoms with E-state index in [0.29, 0.717) is 11.1 Å². The van der Waals surface area contributed by atoms with E-state index in [9.17, 15) is 19.6 Å². The third-order valence-corrected chi connectivity index (χ3v) is 5.33. The molecule has 3 aromatic rings. The fourth-order valence-corrected chi connectivity index (χ4v) is 4.00. The van der Waals surface area contributed by atoms with Gasteiger partial charge in [0.25, 0.3) is 5.91 Å². The molecule has 1 saturated heterocycles. The minimum absolute atomic E-state index is 0.285. The van der Waals surface area contributed by atoms with Crippen LogP contribution in [-0.2, 0) is 0 Å². The predicted molar refractivity (Wildman–Crippen MR) is 105 cm³/mol. The van der Waals surface area contributed by atoms with E-state index in [1.165, 1.54) is 23.2 Å². The molecule has 0 saturated carbocycles. The molecule has 2 heterocycles. The van der Waals surface area contributed by atoms with Crippen molar-refractivity contribution in [2.45, 2.75) is 18.0 Å². The summed E-state index contributed by atoms with van der Waals surface area (Å²) in [4.78, 5) is 18.3. The minimum Gasteiger partial charge on any atom is -0.394 e. The van der Waals surface area contributed by atoms with Gasteiger partial charge in [0.05, 0.1) is 24.3 Å². The zero-order valence-corrected chi connectivity index (χ0v) is 15.4. The first kappa shape index (κ1) is 18.8. The van der Waals surface area contributed by atoms with Gasteiger partial charge in [-0.05, 0) is 41.0 Å². The Hall–Kier alpha value is -3.56. The molecule has 1 aliphatic heterocycles. The van der Waals surface area contributed by atoms with E-state index < -0.39 is 12.1 Å². The molecule has 3 atom stereocenters. The lowest BCUT2D eigenvalue weighted by molar-refractivity contribution is -0.00574. The van der Waals surface area contributed by atoms with Crippen LogP contribution in [0.2, 0.25) is 0 Å². The SMILES string of the molecule is N#C[C@@H]1[C@H](c2ccccc2-c2cccc(F)c2)[C@H](CO)N1C(=O)c1cccnc1. The summed E-state index contributed by atoms with van der Waals surface area (Å²) < 4.78 is 13.8. The zero-order chi connectivity index (χ0) is 20.4. The largest absolute Gasteiger partial charge is 0.394 e. The summed E-state index contributed by atoms with van der Waals surface area (Å²) in [5, 5.41) is 19.8. The standard InChI is InChI=1S/C23H18FN3O2/c24-17-7-3-5-15(11-17)18-8-1-2-9-19(18)22-20(12-25)27(21(22)14-28)23(29)16-6-4-10-26-13-16/h1-11,13,20-22,28H,14H2/t20-,21+,22+/m1/s1. The Morgan fingerprint density at radius 3 is 2.69 bits per heavy atom.